The SMILES string of the molecule is Cc1[nH]c2ccccc2c1C(=O)Nc1ccc(N2CCC(C)CC2)cc1. The van der Waals surface area contributed by atoms with E-state index in [0.717, 1.165) is 46.9 Å². The molecule has 134 valence electrons. The molecule has 2 heterocycles. The molecule has 0 saturated carbocycles. The fourth-order valence-corrected chi connectivity index (χ4v) is 3.79. The molecule has 4 nitrogen and oxygen atoms in total. The summed E-state index contributed by atoms with van der Waals surface area (Å²) in [7, 11) is 0. The Morgan fingerprint density at radius 3 is 2.50 bits per heavy atom. The third kappa shape index (κ3) is 3.19. The summed E-state index contributed by atoms with van der Waals surface area (Å²) in [5, 5.41) is 4.00. The van der Waals surface area contributed by atoms with Crippen LogP contribution in [-0.2, 0) is 0 Å². The number of H-pyrrole nitrogens is 1. The van der Waals surface area contributed by atoms with Gasteiger partial charge in [-0.15, -0.1) is 0 Å². The molecule has 0 bridgehead atoms. The van der Waals surface area contributed by atoms with Gasteiger partial charge in [0.1, 0.15) is 0 Å². The Balaban J connectivity index is 1.50. The van der Waals surface area contributed by atoms with Crippen molar-refractivity contribution < 1.29 is 4.79 Å². The van der Waals surface area contributed by atoms with E-state index in [1.807, 2.05) is 43.3 Å². The predicted octanol–water partition coefficient (Wildman–Crippen LogP) is 4.96. The van der Waals surface area contributed by atoms with Crippen LogP contribution < -0.4 is 10.2 Å². The molecule has 1 fully saturated rings. The first-order valence-corrected chi connectivity index (χ1v) is 9.35. The molecule has 2 N–H and O–H groups in total. The molecule has 1 aliphatic heterocycles. The van der Waals surface area contributed by atoms with Gasteiger partial charge in [0.2, 0.25) is 0 Å². The summed E-state index contributed by atoms with van der Waals surface area (Å²) in [5.41, 5.74) is 4.66. The highest BCUT2D eigenvalue weighted by Crippen LogP contribution is 2.26. The highest BCUT2D eigenvalue weighted by Gasteiger charge is 2.17. The summed E-state index contributed by atoms with van der Waals surface area (Å²) < 4.78 is 0. The summed E-state index contributed by atoms with van der Waals surface area (Å²) in [6.45, 7) is 6.49. The average molecular weight is 347 g/mol. The molecule has 2 aromatic carbocycles. The Hall–Kier alpha value is -2.75. The van der Waals surface area contributed by atoms with E-state index in [0.29, 0.717) is 0 Å². The molecular weight excluding hydrogens is 322 g/mol. The predicted molar refractivity (Wildman–Crippen MR) is 108 cm³/mol. The number of carbonyl (C=O) groups excluding carboxylic acids is 1. The van der Waals surface area contributed by atoms with E-state index in [9.17, 15) is 4.79 Å². The molecule has 0 radical (unpaired) electrons. The van der Waals surface area contributed by atoms with Crippen LogP contribution in [0.1, 0.15) is 35.8 Å². The highest BCUT2D eigenvalue weighted by atomic mass is 16.1. The molecule has 1 aromatic heterocycles. The van der Waals surface area contributed by atoms with Crippen LogP contribution in [0.15, 0.2) is 48.5 Å². The standard InChI is InChI=1S/C22H25N3O/c1-15-11-13-25(14-12-15)18-9-7-17(8-10-18)24-22(26)21-16(2)23-20-6-4-3-5-19(20)21/h3-10,15,23H,11-14H2,1-2H3,(H,24,26). The minimum atomic E-state index is -0.0699. The molecule has 0 aliphatic carbocycles. The number of hydrogen-bond donors (Lipinski definition) is 2. The van der Waals surface area contributed by atoms with Crippen LogP contribution in [0.2, 0.25) is 0 Å². The quantitative estimate of drug-likeness (QED) is 0.703. The van der Waals surface area contributed by atoms with Crippen molar-refractivity contribution in [2.45, 2.75) is 26.7 Å². The second-order valence-electron chi connectivity index (χ2n) is 7.34. The Morgan fingerprint density at radius 2 is 1.77 bits per heavy atom. The molecule has 0 unspecified atom stereocenters. The van der Waals surface area contributed by atoms with Crippen LogP contribution in [0, 0.1) is 12.8 Å². The van der Waals surface area contributed by atoms with Crippen molar-refractivity contribution in [2.75, 3.05) is 23.3 Å². The maximum atomic E-state index is 12.8. The van der Waals surface area contributed by atoms with Crippen LogP contribution in [0.3, 0.4) is 0 Å². The smallest absolute Gasteiger partial charge is 0.258 e. The summed E-state index contributed by atoms with van der Waals surface area (Å²) in [5.74, 6) is 0.753. The molecule has 0 spiro atoms. The molecule has 4 heteroatoms. The number of nitrogens with zero attached hydrogens (tertiary/aromatic N) is 1. The fourth-order valence-electron chi connectivity index (χ4n) is 3.79. The summed E-state index contributed by atoms with van der Waals surface area (Å²) in [4.78, 5) is 18.5. The van der Waals surface area contributed by atoms with Crippen LogP contribution in [-0.4, -0.2) is 24.0 Å². The van der Waals surface area contributed by atoms with Gasteiger partial charge in [0.05, 0.1) is 5.56 Å². The maximum absolute atomic E-state index is 12.8. The maximum Gasteiger partial charge on any atom is 0.258 e. The largest absolute Gasteiger partial charge is 0.372 e. The Morgan fingerprint density at radius 1 is 1.08 bits per heavy atom. The van der Waals surface area contributed by atoms with Gasteiger partial charge in [0, 0.05) is 41.1 Å². The number of anilines is 2. The van der Waals surface area contributed by atoms with Crippen molar-refractivity contribution in [3.8, 4) is 0 Å². The van der Waals surface area contributed by atoms with Gasteiger partial charge in [-0.05, 0) is 56.0 Å². The first kappa shape index (κ1) is 16.7. The second kappa shape index (κ2) is 6.87. The summed E-state index contributed by atoms with van der Waals surface area (Å²) >= 11 is 0. The first-order chi connectivity index (χ1) is 12.6. The molecule has 1 aliphatic rings. The lowest BCUT2D eigenvalue weighted by molar-refractivity contribution is 0.102. The lowest BCUT2D eigenvalue weighted by atomic mass is 9.99. The third-order valence-corrected chi connectivity index (χ3v) is 5.39. The van der Waals surface area contributed by atoms with E-state index in [1.165, 1.54) is 18.5 Å². The molecule has 1 amide bonds. The van der Waals surface area contributed by atoms with Gasteiger partial charge in [-0.3, -0.25) is 4.79 Å². The monoisotopic (exact) mass is 347 g/mol. The lowest BCUT2D eigenvalue weighted by Crippen LogP contribution is -2.32. The molecule has 4 rings (SSSR count). The summed E-state index contributed by atoms with van der Waals surface area (Å²) in [6.07, 6.45) is 2.50. The van der Waals surface area contributed by atoms with Gasteiger partial charge in [0.15, 0.2) is 0 Å². The molecule has 26 heavy (non-hydrogen) atoms. The Bertz CT molecular complexity index is 918. The second-order valence-corrected chi connectivity index (χ2v) is 7.34. The minimum absolute atomic E-state index is 0.0699. The van der Waals surface area contributed by atoms with E-state index < -0.39 is 0 Å². The van der Waals surface area contributed by atoms with Gasteiger partial charge in [-0.25, -0.2) is 0 Å². The minimum Gasteiger partial charge on any atom is -0.372 e. The number of piperidine rings is 1. The van der Waals surface area contributed by atoms with E-state index >= 15 is 0 Å². The molecule has 1 saturated heterocycles. The van der Waals surface area contributed by atoms with Crippen LogP contribution in [0.4, 0.5) is 11.4 Å². The van der Waals surface area contributed by atoms with Gasteiger partial charge < -0.3 is 15.2 Å². The van der Waals surface area contributed by atoms with Crippen LogP contribution >= 0.6 is 0 Å². The molecular formula is C22H25N3O. The number of amides is 1. The van der Waals surface area contributed by atoms with Gasteiger partial charge in [-0.2, -0.15) is 0 Å². The number of aromatic amines is 1. The van der Waals surface area contributed by atoms with Gasteiger partial charge in [0.25, 0.3) is 5.91 Å². The van der Waals surface area contributed by atoms with Crippen molar-refractivity contribution in [1.29, 1.82) is 0 Å². The van der Waals surface area contributed by atoms with Crippen molar-refractivity contribution in [2.24, 2.45) is 5.92 Å². The number of benzene rings is 2. The zero-order valence-corrected chi connectivity index (χ0v) is 15.4. The number of aryl methyl sites for hydroxylation is 1. The van der Waals surface area contributed by atoms with Gasteiger partial charge >= 0.3 is 0 Å². The number of fused-ring (bicyclic) bond motifs is 1. The normalized spacial score (nSPS) is 15.4. The van der Waals surface area contributed by atoms with E-state index in [-0.39, 0.29) is 5.91 Å². The highest BCUT2D eigenvalue weighted by molar-refractivity contribution is 6.13. The zero-order valence-electron chi connectivity index (χ0n) is 15.4. The van der Waals surface area contributed by atoms with Crippen LogP contribution in [0.25, 0.3) is 10.9 Å². The average Bonchev–Trinajstić information content (AvgIpc) is 2.99. The first-order valence-electron chi connectivity index (χ1n) is 9.35. The van der Waals surface area contributed by atoms with Gasteiger partial charge in [-0.1, -0.05) is 25.1 Å². The van der Waals surface area contributed by atoms with Crippen molar-refractivity contribution >= 4 is 28.2 Å². The van der Waals surface area contributed by atoms with E-state index in [2.05, 4.69) is 34.3 Å². The van der Waals surface area contributed by atoms with E-state index in [1.54, 1.807) is 0 Å². The summed E-state index contributed by atoms with van der Waals surface area (Å²) in [6, 6.07) is 16.1. The number of hydrogen-bond acceptors (Lipinski definition) is 2. The molecule has 3 aromatic rings. The van der Waals surface area contributed by atoms with Crippen LogP contribution in [0.5, 0.6) is 0 Å². The lowest BCUT2D eigenvalue weighted by Gasteiger charge is -2.32. The third-order valence-electron chi connectivity index (χ3n) is 5.39. The number of nitrogens with one attached hydrogen (secondary N) is 2. The number of rotatable bonds is 3. The van der Waals surface area contributed by atoms with E-state index in [4.69, 9.17) is 0 Å². The number of aromatic nitrogens is 1. The zero-order chi connectivity index (χ0) is 18.1. The van der Waals surface area contributed by atoms with Crippen molar-refractivity contribution in [3.63, 3.8) is 0 Å². The topological polar surface area (TPSA) is 48.1 Å². The molecule has 0 atom stereocenters. The Kier molecular flexibility index (Phi) is 4.41. The number of carbonyl (C=O) groups is 1. The van der Waals surface area contributed by atoms with Crippen molar-refractivity contribution in [3.05, 3.63) is 59.8 Å². The Labute approximate surface area is 154 Å². The number of para-hydroxylation sites is 1. The van der Waals surface area contributed by atoms with Crippen molar-refractivity contribution in [1.82, 2.24) is 4.98 Å². The fraction of sp³-hybridized carbons (Fsp3) is 0.318.